The van der Waals surface area contributed by atoms with Crippen LogP contribution in [0.4, 0.5) is 0 Å². The van der Waals surface area contributed by atoms with Crippen molar-refractivity contribution in [1.82, 2.24) is 14.5 Å². The van der Waals surface area contributed by atoms with Crippen molar-refractivity contribution >= 4 is 22.6 Å². The summed E-state index contributed by atoms with van der Waals surface area (Å²) in [4.78, 5) is 7.36. The Bertz CT molecular complexity index is 615. The lowest BCUT2D eigenvalue weighted by molar-refractivity contribution is 0.269. The molecule has 0 atom stereocenters. The minimum atomic E-state index is 0.774. The van der Waals surface area contributed by atoms with Crippen molar-refractivity contribution in [2.45, 2.75) is 25.8 Å². The van der Waals surface area contributed by atoms with Gasteiger partial charge in [0.15, 0.2) is 0 Å². The van der Waals surface area contributed by atoms with Crippen molar-refractivity contribution in [2.24, 2.45) is 5.92 Å². The molecule has 0 spiro atoms. The molecule has 4 rings (SSSR count). The van der Waals surface area contributed by atoms with Crippen LogP contribution in [0.15, 0.2) is 18.2 Å². The minimum absolute atomic E-state index is 0.774. The molecule has 3 nitrogen and oxygen atoms in total. The normalized spacial score (nSPS) is 20.5. The summed E-state index contributed by atoms with van der Waals surface area (Å²) in [6.07, 6.45) is 3.92. The Labute approximate surface area is 118 Å². The smallest absolute Gasteiger partial charge is 0.111 e. The van der Waals surface area contributed by atoms with Crippen LogP contribution >= 0.6 is 11.6 Å². The van der Waals surface area contributed by atoms with E-state index in [0.29, 0.717) is 0 Å². The second-order valence-electron chi connectivity index (χ2n) is 5.81. The van der Waals surface area contributed by atoms with Crippen LogP contribution < -0.4 is 0 Å². The molecular formula is C15H18ClN3. The van der Waals surface area contributed by atoms with E-state index in [1.807, 2.05) is 12.1 Å². The molecule has 0 amide bonds. The lowest BCUT2D eigenvalue weighted by Gasteiger charge is -2.18. The summed E-state index contributed by atoms with van der Waals surface area (Å²) in [6, 6.07) is 6.04. The molecule has 2 aliphatic rings. The van der Waals surface area contributed by atoms with Gasteiger partial charge < -0.3 is 9.47 Å². The number of aromatic nitrogens is 2. The van der Waals surface area contributed by atoms with Gasteiger partial charge in [0, 0.05) is 37.6 Å². The van der Waals surface area contributed by atoms with Gasteiger partial charge in [0.1, 0.15) is 5.82 Å². The van der Waals surface area contributed by atoms with Crippen molar-refractivity contribution < 1.29 is 0 Å². The standard InChI is InChI=1S/C15H18ClN3/c16-12-3-4-14-13(9-12)17-15-5-6-18(7-8-19(14)15)10-11-1-2-11/h3-4,9,11H,1-2,5-8,10H2. The minimum Gasteiger partial charge on any atom is -0.327 e. The topological polar surface area (TPSA) is 21.1 Å². The van der Waals surface area contributed by atoms with Crippen LogP contribution in [0.5, 0.6) is 0 Å². The zero-order valence-corrected chi connectivity index (χ0v) is 11.7. The second kappa shape index (κ2) is 4.50. The summed E-state index contributed by atoms with van der Waals surface area (Å²) in [5.74, 6) is 2.19. The zero-order chi connectivity index (χ0) is 12.8. The van der Waals surface area contributed by atoms with E-state index in [-0.39, 0.29) is 0 Å². The fourth-order valence-electron chi connectivity index (χ4n) is 3.05. The van der Waals surface area contributed by atoms with Crippen LogP contribution in [0, 0.1) is 5.92 Å². The third kappa shape index (κ3) is 2.26. The Hall–Kier alpha value is -1.06. The van der Waals surface area contributed by atoms with Crippen LogP contribution in [0.3, 0.4) is 0 Å². The maximum Gasteiger partial charge on any atom is 0.111 e. The van der Waals surface area contributed by atoms with Gasteiger partial charge in [-0.3, -0.25) is 0 Å². The van der Waals surface area contributed by atoms with Crippen LogP contribution in [-0.2, 0) is 13.0 Å². The molecule has 0 N–H and O–H groups in total. The maximum absolute atomic E-state index is 6.04. The summed E-state index contributed by atoms with van der Waals surface area (Å²) in [7, 11) is 0. The molecule has 0 saturated heterocycles. The SMILES string of the molecule is Clc1ccc2c(c1)nc1n2CCN(CC2CC2)CC1. The second-order valence-corrected chi connectivity index (χ2v) is 6.24. The summed E-state index contributed by atoms with van der Waals surface area (Å²) in [5, 5.41) is 0.774. The molecule has 0 unspecified atom stereocenters. The summed E-state index contributed by atoms with van der Waals surface area (Å²) in [5.41, 5.74) is 2.27. The molecule has 1 saturated carbocycles. The predicted octanol–water partition coefficient (Wildman–Crippen LogP) is 2.96. The van der Waals surface area contributed by atoms with Crippen LogP contribution in [0.25, 0.3) is 11.0 Å². The quantitative estimate of drug-likeness (QED) is 0.840. The van der Waals surface area contributed by atoms with Gasteiger partial charge in [-0.05, 0) is 37.0 Å². The first kappa shape index (κ1) is 11.7. The average Bonchev–Trinajstić information content (AvgIpc) is 3.17. The first-order valence-corrected chi connectivity index (χ1v) is 7.54. The number of imidazole rings is 1. The highest BCUT2D eigenvalue weighted by atomic mass is 35.5. The van der Waals surface area contributed by atoms with Gasteiger partial charge >= 0.3 is 0 Å². The number of nitrogens with zero attached hydrogens (tertiary/aromatic N) is 3. The fraction of sp³-hybridized carbons (Fsp3) is 0.533. The third-order valence-electron chi connectivity index (χ3n) is 4.29. The van der Waals surface area contributed by atoms with E-state index in [9.17, 15) is 0 Å². The Morgan fingerprint density at radius 3 is 2.95 bits per heavy atom. The molecule has 1 fully saturated rings. The van der Waals surface area contributed by atoms with Gasteiger partial charge in [0.05, 0.1) is 11.0 Å². The summed E-state index contributed by atoms with van der Waals surface area (Å²) in [6.45, 7) is 4.64. The Balaban J connectivity index is 1.62. The fourth-order valence-corrected chi connectivity index (χ4v) is 3.22. The van der Waals surface area contributed by atoms with E-state index in [2.05, 4.69) is 15.5 Å². The molecule has 2 aromatic rings. The Morgan fingerprint density at radius 2 is 2.11 bits per heavy atom. The summed E-state index contributed by atoms with van der Waals surface area (Å²) < 4.78 is 2.37. The molecule has 100 valence electrons. The van der Waals surface area contributed by atoms with E-state index in [1.165, 1.54) is 30.7 Å². The lowest BCUT2D eigenvalue weighted by atomic mass is 10.3. The van der Waals surface area contributed by atoms with E-state index in [1.54, 1.807) is 0 Å². The van der Waals surface area contributed by atoms with Crippen molar-refractivity contribution in [3.8, 4) is 0 Å². The van der Waals surface area contributed by atoms with E-state index in [0.717, 1.165) is 42.5 Å². The Morgan fingerprint density at radius 1 is 1.21 bits per heavy atom. The van der Waals surface area contributed by atoms with Crippen LogP contribution in [0.1, 0.15) is 18.7 Å². The van der Waals surface area contributed by atoms with Gasteiger partial charge in [0.25, 0.3) is 0 Å². The molecule has 1 aromatic heterocycles. The first-order valence-electron chi connectivity index (χ1n) is 7.16. The Kier molecular flexibility index (Phi) is 2.78. The molecule has 0 bridgehead atoms. The number of fused-ring (bicyclic) bond motifs is 3. The molecule has 1 aromatic carbocycles. The molecule has 19 heavy (non-hydrogen) atoms. The van der Waals surface area contributed by atoms with E-state index in [4.69, 9.17) is 16.6 Å². The van der Waals surface area contributed by atoms with Crippen molar-refractivity contribution in [2.75, 3.05) is 19.6 Å². The van der Waals surface area contributed by atoms with Gasteiger partial charge in [-0.2, -0.15) is 0 Å². The highest BCUT2D eigenvalue weighted by Crippen LogP contribution is 2.30. The van der Waals surface area contributed by atoms with Crippen molar-refractivity contribution in [3.05, 3.63) is 29.0 Å². The number of hydrogen-bond acceptors (Lipinski definition) is 2. The molecular weight excluding hydrogens is 258 g/mol. The van der Waals surface area contributed by atoms with Crippen LogP contribution in [0.2, 0.25) is 5.02 Å². The number of rotatable bonds is 2. The first-order chi connectivity index (χ1) is 9.29. The number of halogens is 1. The van der Waals surface area contributed by atoms with Gasteiger partial charge in [-0.25, -0.2) is 4.98 Å². The van der Waals surface area contributed by atoms with Crippen molar-refractivity contribution in [1.29, 1.82) is 0 Å². The van der Waals surface area contributed by atoms with Gasteiger partial charge in [-0.1, -0.05) is 11.6 Å². The molecule has 1 aliphatic heterocycles. The predicted molar refractivity (Wildman–Crippen MR) is 77.6 cm³/mol. The van der Waals surface area contributed by atoms with E-state index < -0.39 is 0 Å². The highest BCUT2D eigenvalue weighted by molar-refractivity contribution is 6.31. The zero-order valence-electron chi connectivity index (χ0n) is 11.0. The average molecular weight is 276 g/mol. The number of benzene rings is 1. The summed E-state index contributed by atoms with van der Waals surface area (Å²) >= 11 is 6.04. The molecule has 0 radical (unpaired) electrons. The number of hydrogen-bond donors (Lipinski definition) is 0. The monoisotopic (exact) mass is 275 g/mol. The van der Waals surface area contributed by atoms with Crippen molar-refractivity contribution in [3.63, 3.8) is 0 Å². The molecule has 1 aliphatic carbocycles. The van der Waals surface area contributed by atoms with Gasteiger partial charge in [-0.15, -0.1) is 0 Å². The highest BCUT2D eigenvalue weighted by Gasteiger charge is 2.25. The molecule has 4 heteroatoms. The third-order valence-corrected chi connectivity index (χ3v) is 4.53. The largest absolute Gasteiger partial charge is 0.327 e. The van der Waals surface area contributed by atoms with Gasteiger partial charge in [0.2, 0.25) is 0 Å². The maximum atomic E-state index is 6.04. The van der Waals surface area contributed by atoms with Crippen LogP contribution in [-0.4, -0.2) is 34.1 Å². The van der Waals surface area contributed by atoms with E-state index >= 15 is 0 Å². The lowest BCUT2D eigenvalue weighted by Crippen LogP contribution is -2.29. The molecule has 2 heterocycles.